The quantitative estimate of drug-likeness (QED) is 0.573. The van der Waals surface area contributed by atoms with Gasteiger partial charge >= 0.3 is 5.97 Å². The summed E-state index contributed by atoms with van der Waals surface area (Å²) in [6.45, 7) is 13.3. The van der Waals surface area contributed by atoms with E-state index >= 15 is 0 Å². The molecule has 0 spiro atoms. The van der Waals surface area contributed by atoms with Crippen LogP contribution in [0.15, 0.2) is 0 Å². The lowest BCUT2D eigenvalue weighted by Crippen LogP contribution is -2.42. The molecule has 0 fully saturated rings. The van der Waals surface area contributed by atoms with Crippen LogP contribution in [0.2, 0.25) is 0 Å². The Hall–Kier alpha value is -1.96. The molecule has 1 rings (SSSR count). The average Bonchev–Trinajstić information content (AvgIpc) is 3.02. The highest BCUT2D eigenvalue weighted by Crippen LogP contribution is 2.35. The molecule has 0 aliphatic heterocycles. The van der Waals surface area contributed by atoms with Gasteiger partial charge in [0.25, 0.3) is 5.91 Å². The summed E-state index contributed by atoms with van der Waals surface area (Å²) in [6.07, 6.45) is 0.212. The largest absolute Gasteiger partial charge is 0.455 e. The van der Waals surface area contributed by atoms with Gasteiger partial charge in [-0.2, -0.15) is 0 Å². The van der Waals surface area contributed by atoms with E-state index in [9.17, 15) is 14.4 Å². The van der Waals surface area contributed by atoms with Gasteiger partial charge in [0.1, 0.15) is 10.7 Å². The summed E-state index contributed by atoms with van der Waals surface area (Å²) < 4.78 is 5.57. The van der Waals surface area contributed by atoms with Crippen molar-refractivity contribution >= 4 is 29.1 Å². The molecular weight excluding hydrogens is 390 g/mol. The number of rotatable bonds is 10. The number of nitrogens with two attached hydrogens (primary N) is 1. The van der Waals surface area contributed by atoms with E-state index < -0.39 is 18.0 Å². The molecule has 1 aromatic heterocycles. The van der Waals surface area contributed by atoms with Gasteiger partial charge in [0, 0.05) is 37.7 Å². The average molecular weight is 426 g/mol. The fourth-order valence-corrected chi connectivity index (χ4v) is 4.35. The molecule has 29 heavy (non-hydrogen) atoms. The zero-order chi connectivity index (χ0) is 22.5. The SMILES string of the molecule is CC(=O)OC(CC(C(C)C)N(C)C(=O)CC(C)C)c1nc(C(N)=O)c(C(C)C)s1. The first-order chi connectivity index (χ1) is 13.3. The Morgan fingerprint density at radius 3 is 2.10 bits per heavy atom. The summed E-state index contributed by atoms with van der Waals surface area (Å²) in [5, 5.41) is 0.535. The lowest BCUT2D eigenvalue weighted by Gasteiger charge is -2.34. The summed E-state index contributed by atoms with van der Waals surface area (Å²) >= 11 is 1.34. The van der Waals surface area contributed by atoms with E-state index in [0.29, 0.717) is 17.8 Å². The first kappa shape index (κ1) is 25.1. The fourth-order valence-electron chi connectivity index (χ4n) is 3.23. The number of carbonyl (C=O) groups is 3. The van der Waals surface area contributed by atoms with Crippen LogP contribution in [-0.2, 0) is 14.3 Å². The molecule has 1 aromatic rings. The smallest absolute Gasteiger partial charge is 0.303 e. The van der Waals surface area contributed by atoms with Gasteiger partial charge in [-0.25, -0.2) is 4.98 Å². The molecule has 0 saturated carbocycles. The second kappa shape index (κ2) is 10.7. The third-order valence-electron chi connectivity index (χ3n) is 4.71. The summed E-state index contributed by atoms with van der Waals surface area (Å²) in [7, 11) is 1.79. The van der Waals surface area contributed by atoms with Crippen LogP contribution in [0.25, 0.3) is 0 Å². The predicted octanol–water partition coefficient (Wildman–Crippen LogP) is 3.89. The Morgan fingerprint density at radius 1 is 1.14 bits per heavy atom. The number of amides is 2. The summed E-state index contributed by atoms with van der Waals surface area (Å²) in [5.41, 5.74) is 5.72. The zero-order valence-corrected chi connectivity index (χ0v) is 19.6. The van der Waals surface area contributed by atoms with Gasteiger partial charge < -0.3 is 15.4 Å². The van der Waals surface area contributed by atoms with E-state index in [1.54, 1.807) is 11.9 Å². The van der Waals surface area contributed by atoms with Gasteiger partial charge in [0.15, 0.2) is 6.10 Å². The number of nitrogens with zero attached hydrogens (tertiary/aromatic N) is 2. The van der Waals surface area contributed by atoms with Gasteiger partial charge in [0.05, 0.1) is 0 Å². The first-order valence-corrected chi connectivity index (χ1v) is 10.9. The van der Waals surface area contributed by atoms with Gasteiger partial charge in [0.2, 0.25) is 5.91 Å². The van der Waals surface area contributed by atoms with Crippen molar-refractivity contribution in [2.24, 2.45) is 17.6 Å². The van der Waals surface area contributed by atoms with Gasteiger partial charge in [-0.3, -0.25) is 14.4 Å². The van der Waals surface area contributed by atoms with Crippen molar-refractivity contribution in [3.05, 3.63) is 15.6 Å². The maximum Gasteiger partial charge on any atom is 0.303 e. The van der Waals surface area contributed by atoms with E-state index in [1.807, 2.05) is 41.5 Å². The third-order valence-corrected chi connectivity index (χ3v) is 6.16. The fraction of sp³-hybridized carbons (Fsp3) is 0.714. The van der Waals surface area contributed by atoms with Crippen LogP contribution in [-0.4, -0.2) is 40.8 Å². The van der Waals surface area contributed by atoms with Gasteiger partial charge in [-0.15, -0.1) is 11.3 Å². The molecule has 0 aromatic carbocycles. The Kier molecular flexibility index (Phi) is 9.26. The Balaban J connectivity index is 3.26. The molecule has 0 bridgehead atoms. The van der Waals surface area contributed by atoms with Crippen LogP contribution in [0.5, 0.6) is 0 Å². The predicted molar refractivity (Wildman–Crippen MR) is 115 cm³/mol. The van der Waals surface area contributed by atoms with Crippen molar-refractivity contribution in [2.75, 3.05) is 7.05 Å². The van der Waals surface area contributed by atoms with Crippen LogP contribution in [0.3, 0.4) is 0 Å². The molecule has 2 N–H and O–H groups in total. The number of hydrogen-bond acceptors (Lipinski definition) is 6. The highest BCUT2D eigenvalue weighted by molar-refractivity contribution is 7.12. The second-order valence-electron chi connectivity index (χ2n) is 8.53. The maximum absolute atomic E-state index is 12.6. The molecule has 164 valence electrons. The monoisotopic (exact) mass is 425 g/mol. The van der Waals surface area contributed by atoms with Crippen LogP contribution >= 0.6 is 11.3 Å². The maximum atomic E-state index is 12.6. The molecule has 2 unspecified atom stereocenters. The number of esters is 1. The number of aromatic nitrogens is 1. The van der Waals surface area contributed by atoms with Crippen molar-refractivity contribution < 1.29 is 19.1 Å². The van der Waals surface area contributed by atoms with Crippen molar-refractivity contribution in [1.29, 1.82) is 0 Å². The first-order valence-electron chi connectivity index (χ1n) is 10.1. The summed E-state index contributed by atoms with van der Waals surface area (Å²) in [6, 6.07) is -0.144. The van der Waals surface area contributed by atoms with Crippen LogP contribution in [0.4, 0.5) is 0 Å². The van der Waals surface area contributed by atoms with E-state index in [4.69, 9.17) is 10.5 Å². The number of ether oxygens (including phenoxy) is 1. The third kappa shape index (κ3) is 7.10. The molecule has 0 aliphatic rings. The standard InChI is InChI=1S/C21H35N3O4S/c1-11(2)9-17(26)24(8)15(12(3)4)10-16(28-14(7)25)21-23-18(20(22)27)19(29-21)13(5)6/h11-13,15-16H,9-10H2,1-8H3,(H2,22,27). The molecule has 0 saturated heterocycles. The number of carbonyl (C=O) groups excluding carboxylic acids is 3. The Labute approximate surface area is 178 Å². The molecule has 0 aliphatic carbocycles. The number of hydrogen-bond donors (Lipinski definition) is 1. The number of thiazole rings is 1. The van der Waals surface area contributed by atoms with Gasteiger partial charge in [-0.05, 0) is 17.8 Å². The van der Waals surface area contributed by atoms with Crippen molar-refractivity contribution in [1.82, 2.24) is 9.88 Å². The van der Waals surface area contributed by atoms with E-state index in [-0.39, 0.29) is 35.4 Å². The Bertz CT molecular complexity index is 728. The topological polar surface area (TPSA) is 103 Å². The minimum absolute atomic E-state index is 0.0557. The number of primary amides is 1. The summed E-state index contributed by atoms with van der Waals surface area (Å²) in [4.78, 5) is 43.1. The normalized spacial score (nSPS) is 13.6. The van der Waals surface area contributed by atoms with E-state index in [1.165, 1.54) is 18.3 Å². The van der Waals surface area contributed by atoms with Crippen LogP contribution < -0.4 is 5.73 Å². The molecular formula is C21H35N3O4S. The lowest BCUT2D eigenvalue weighted by atomic mass is 9.95. The van der Waals surface area contributed by atoms with Crippen molar-refractivity contribution in [2.45, 2.75) is 79.4 Å². The van der Waals surface area contributed by atoms with E-state index in [0.717, 1.165) is 4.88 Å². The van der Waals surface area contributed by atoms with E-state index in [2.05, 4.69) is 4.98 Å². The Morgan fingerprint density at radius 2 is 1.72 bits per heavy atom. The molecule has 8 heteroatoms. The van der Waals surface area contributed by atoms with Crippen LogP contribution in [0.1, 0.15) is 93.7 Å². The second-order valence-corrected chi connectivity index (χ2v) is 9.59. The van der Waals surface area contributed by atoms with Crippen molar-refractivity contribution in [3.63, 3.8) is 0 Å². The minimum Gasteiger partial charge on any atom is -0.455 e. The highest BCUT2D eigenvalue weighted by Gasteiger charge is 2.32. The molecule has 2 atom stereocenters. The highest BCUT2D eigenvalue weighted by atomic mass is 32.1. The minimum atomic E-state index is -0.648. The molecule has 7 nitrogen and oxygen atoms in total. The molecule has 1 heterocycles. The lowest BCUT2D eigenvalue weighted by molar-refractivity contribution is -0.148. The van der Waals surface area contributed by atoms with Gasteiger partial charge in [-0.1, -0.05) is 41.5 Å². The molecule has 2 amide bonds. The molecule has 0 radical (unpaired) electrons. The van der Waals surface area contributed by atoms with Crippen molar-refractivity contribution in [3.8, 4) is 0 Å². The van der Waals surface area contributed by atoms with Crippen LogP contribution in [0, 0.1) is 11.8 Å². The zero-order valence-electron chi connectivity index (χ0n) is 18.8. The summed E-state index contributed by atoms with van der Waals surface area (Å²) in [5.74, 6) is -0.502.